The molecule has 0 rings (SSSR count). The van der Waals surface area contributed by atoms with Gasteiger partial charge in [-0.15, -0.1) is 0 Å². The van der Waals surface area contributed by atoms with E-state index in [1.54, 1.807) is 0 Å². The van der Waals surface area contributed by atoms with Crippen molar-refractivity contribution >= 4 is 17.9 Å². The fourth-order valence-electron chi connectivity index (χ4n) is 8.65. The van der Waals surface area contributed by atoms with E-state index >= 15 is 0 Å². The third-order valence-electron chi connectivity index (χ3n) is 13.3. The van der Waals surface area contributed by atoms with Crippen LogP contribution in [-0.2, 0) is 28.6 Å². The molecule has 1 atom stereocenters. The van der Waals surface area contributed by atoms with Crippen molar-refractivity contribution in [2.75, 3.05) is 13.2 Å². The van der Waals surface area contributed by atoms with E-state index in [0.717, 1.165) is 103 Å². The van der Waals surface area contributed by atoms with Gasteiger partial charge in [0.2, 0.25) is 0 Å². The second-order valence-corrected chi connectivity index (χ2v) is 20.6. The maximum Gasteiger partial charge on any atom is 0.306 e. The Morgan fingerprint density at radius 3 is 0.853 bits per heavy atom. The minimum atomic E-state index is -0.804. The lowest BCUT2D eigenvalue weighted by molar-refractivity contribution is -0.167. The van der Waals surface area contributed by atoms with Gasteiger partial charge in [0.1, 0.15) is 13.2 Å². The Kier molecular flexibility index (Phi) is 59.3. The highest BCUT2D eigenvalue weighted by atomic mass is 16.6. The van der Waals surface area contributed by atoms with E-state index in [1.165, 1.54) is 141 Å². The molecule has 0 aliphatic heterocycles. The molecule has 0 aromatic heterocycles. The molecule has 0 aromatic rings. The minimum absolute atomic E-state index is 0.0979. The Morgan fingerprint density at radius 1 is 0.280 bits per heavy atom. The smallest absolute Gasteiger partial charge is 0.306 e. The number of unbranched alkanes of at least 4 members (excludes halogenated alkanes) is 27. The number of carbonyl (C=O) groups excluding carboxylic acids is 3. The third-order valence-corrected chi connectivity index (χ3v) is 13.3. The van der Waals surface area contributed by atoms with Crippen molar-refractivity contribution in [1.29, 1.82) is 0 Å². The Bertz CT molecular complexity index is 1520. The number of esters is 3. The summed E-state index contributed by atoms with van der Waals surface area (Å²) in [5.74, 6) is -0.958. The van der Waals surface area contributed by atoms with Crippen molar-refractivity contribution < 1.29 is 28.6 Å². The van der Waals surface area contributed by atoms with Crippen molar-refractivity contribution in [3.8, 4) is 0 Å². The van der Waals surface area contributed by atoms with E-state index in [2.05, 4.69) is 130 Å². The predicted molar refractivity (Wildman–Crippen MR) is 325 cm³/mol. The van der Waals surface area contributed by atoms with Crippen LogP contribution in [0, 0.1) is 0 Å². The lowest BCUT2D eigenvalue weighted by atomic mass is 10.0. The van der Waals surface area contributed by atoms with Crippen LogP contribution >= 0.6 is 0 Å². The molecule has 0 fully saturated rings. The van der Waals surface area contributed by atoms with E-state index in [-0.39, 0.29) is 37.5 Å². The highest BCUT2D eigenvalue weighted by Crippen LogP contribution is 2.16. The average molecular weight is 1040 g/mol. The molecule has 0 bridgehead atoms. The Morgan fingerprint density at radius 2 is 0.533 bits per heavy atom. The molecule has 6 nitrogen and oxygen atoms in total. The van der Waals surface area contributed by atoms with Crippen molar-refractivity contribution in [2.24, 2.45) is 0 Å². The van der Waals surface area contributed by atoms with Crippen LogP contribution in [0.15, 0.2) is 109 Å². The van der Waals surface area contributed by atoms with Crippen molar-refractivity contribution in [1.82, 2.24) is 0 Å². The highest BCUT2D eigenvalue weighted by Gasteiger charge is 2.19. The Labute approximate surface area is 463 Å². The minimum Gasteiger partial charge on any atom is -0.462 e. The summed E-state index contributed by atoms with van der Waals surface area (Å²) < 4.78 is 16.7. The zero-order valence-electron chi connectivity index (χ0n) is 49.0. The van der Waals surface area contributed by atoms with E-state index < -0.39 is 6.10 Å². The van der Waals surface area contributed by atoms with E-state index in [4.69, 9.17) is 14.2 Å². The first-order valence-electron chi connectivity index (χ1n) is 31.4. The molecule has 0 radical (unpaired) electrons. The van der Waals surface area contributed by atoms with Crippen molar-refractivity contribution in [3.63, 3.8) is 0 Å². The van der Waals surface area contributed by atoms with Gasteiger partial charge in [-0.05, 0) is 96.3 Å². The van der Waals surface area contributed by atoms with Gasteiger partial charge >= 0.3 is 17.9 Å². The molecular formula is C69H116O6. The lowest BCUT2D eigenvalue weighted by Crippen LogP contribution is -2.30. The number of rotatable bonds is 56. The van der Waals surface area contributed by atoms with Gasteiger partial charge in [-0.25, -0.2) is 0 Å². The summed E-state index contributed by atoms with van der Waals surface area (Å²) in [6, 6.07) is 0. The van der Waals surface area contributed by atoms with Gasteiger partial charge in [0.05, 0.1) is 0 Å². The van der Waals surface area contributed by atoms with Gasteiger partial charge in [0, 0.05) is 19.3 Å². The average Bonchev–Trinajstić information content (AvgIpc) is 3.41. The molecule has 428 valence electrons. The molecule has 75 heavy (non-hydrogen) atoms. The first kappa shape index (κ1) is 71.1. The van der Waals surface area contributed by atoms with Crippen LogP contribution in [0.5, 0.6) is 0 Å². The van der Waals surface area contributed by atoms with Crippen LogP contribution in [0.1, 0.15) is 290 Å². The maximum absolute atomic E-state index is 12.8. The zero-order valence-corrected chi connectivity index (χ0v) is 49.0. The summed E-state index contributed by atoms with van der Waals surface area (Å²) in [7, 11) is 0. The van der Waals surface area contributed by atoms with Gasteiger partial charge in [-0.2, -0.15) is 0 Å². The Balaban J connectivity index is 4.06. The van der Waals surface area contributed by atoms with E-state index in [9.17, 15) is 14.4 Å². The van der Waals surface area contributed by atoms with Gasteiger partial charge in [0.15, 0.2) is 6.10 Å². The predicted octanol–water partition coefficient (Wildman–Crippen LogP) is 21.4. The normalized spacial score (nSPS) is 12.8. The van der Waals surface area contributed by atoms with Crippen molar-refractivity contribution in [3.05, 3.63) is 109 Å². The number of allylic oxidation sites excluding steroid dienone is 18. The lowest BCUT2D eigenvalue weighted by Gasteiger charge is -2.18. The van der Waals surface area contributed by atoms with Crippen LogP contribution in [0.2, 0.25) is 0 Å². The second-order valence-electron chi connectivity index (χ2n) is 20.6. The molecule has 0 saturated carbocycles. The molecule has 0 aromatic carbocycles. The summed E-state index contributed by atoms with van der Waals surface area (Å²) >= 11 is 0. The Hall–Kier alpha value is -3.93. The second kappa shape index (κ2) is 62.6. The molecule has 0 saturated heterocycles. The standard InChI is InChI=1S/C69H116O6/c1-4-7-10-13-16-18-20-22-24-26-27-28-29-30-31-32-33-34-35-36-37-38-39-40-41-43-44-46-48-50-53-56-59-62-68(71)74-65-66(64-73-67(70)61-58-55-52-15-12-9-6-3)75-69(72)63-60-57-54-51-49-47-45-42-25-23-21-19-17-14-11-8-5-2/h7-8,10-11,16-19,22-25,27-28,45,47,51,54,66H,4-6,9,12-15,20-21,26,29-44,46,48-50,52-53,55-65H2,1-3H3/b10-7-,11-8-,18-16-,19-17-,24-22-,25-23-,28-27-,47-45-,54-51-. The van der Waals surface area contributed by atoms with Gasteiger partial charge in [0.25, 0.3) is 0 Å². The number of hydrogen-bond acceptors (Lipinski definition) is 6. The summed E-state index contributed by atoms with van der Waals surface area (Å²) in [6.45, 7) is 6.33. The fourth-order valence-corrected chi connectivity index (χ4v) is 8.65. The van der Waals surface area contributed by atoms with Crippen LogP contribution in [0.3, 0.4) is 0 Å². The van der Waals surface area contributed by atoms with Gasteiger partial charge in [-0.1, -0.05) is 284 Å². The van der Waals surface area contributed by atoms with Crippen LogP contribution in [-0.4, -0.2) is 37.2 Å². The van der Waals surface area contributed by atoms with Gasteiger partial charge in [-0.3, -0.25) is 14.4 Å². The molecule has 0 aliphatic carbocycles. The quantitative estimate of drug-likeness (QED) is 0.0261. The molecule has 0 N–H and O–H groups in total. The molecule has 0 heterocycles. The highest BCUT2D eigenvalue weighted by molar-refractivity contribution is 5.71. The monoisotopic (exact) mass is 1040 g/mol. The molecule has 0 aliphatic rings. The summed E-state index contributed by atoms with van der Waals surface area (Å²) in [5, 5.41) is 0. The van der Waals surface area contributed by atoms with Crippen LogP contribution in [0.4, 0.5) is 0 Å². The first-order valence-corrected chi connectivity index (χ1v) is 31.4. The first-order chi connectivity index (χ1) is 37.0. The summed E-state index contributed by atoms with van der Waals surface area (Å²) in [5.41, 5.74) is 0. The number of carbonyl (C=O) groups is 3. The van der Waals surface area contributed by atoms with Crippen molar-refractivity contribution in [2.45, 2.75) is 297 Å². The van der Waals surface area contributed by atoms with Crippen LogP contribution in [0.25, 0.3) is 0 Å². The van der Waals surface area contributed by atoms with Gasteiger partial charge < -0.3 is 14.2 Å². The third kappa shape index (κ3) is 60.8. The number of ether oxygens (including phenoxy) is 3. The molecule has 6 heteroatoms. The number of hydrogen-bond donors (Lipinski definition) is 0. The summed E-state index contributed by atoms with van der Waals surface area (Å²) in [6.07, 6.45) is 85.7. The fraction of sp³-hybridized carbons (Fsp3) is 0.696. The molecule has 1 unspecified atom stereocenters. The van der Waals surface area contributed by atoms with E-state index in [0.29, 0.717) is 19.3 Å². The molecular weight excluding hydrogens is 925 g/mol. The van der Waals surface area contributed by atoms with Crippen LogP contribution < -0.4 is 0 Å². The topological polar surface area (TPSA) is 78.9 Å². The largest absolute Gasteiger partial charge is 0.462 e. The molecule has 0 spiro atoms. The zero-order chi connectivity index (χ0) is 54.3. The maximum atomic E-state index is 12.8. The molecule has 0 amide bonds. The SMILES string of the molecule is CC/C=C\C/C=C\C/C=C\C/C=C\C/C=C\CCCC(=O)OC(COC(=O)CCCCCCCCC)COC(=O)CCCCCCCCCCCCCCCCCCCCCC/C=C\C/C=C\C/C=C\C/C=C\CC. The van der Waals surface area contributed by atoms with E-state index in [1.807, 2.05) is 0 Å². The summed E-state index contributed by atoms with van der Waals surface area (Å²) in [4.78, 5) is 38.0.